The van der Waals surface area contributed by atoms with Crippen molar-refractivity contribution in [1.29, 1.82) is 0 Å². The summed E-state index contributed by atoms with van der Waals surface area (Å²) >= 11 is 0. The molecule has 0 saturated carbocycles. The zero-order valence-electron chi connectivity index (χ0n) is 9.13. The Morgan fingerprint density at radius 1 is 1.12 bits per heavy atom. The normalized spacial score (nSPS) is 10.4. The Kier molecular flexibility index (Phi) is 4.98. The zero-order valence-corrected chi connectivity index (χ0v) is 9.13. The molecule has 0 spiro atoms. The summed E-state index contributed by atoms with van der Waals surface area (Å²) in [5, 5.41) is 0. The fraction of sp³-hybridized carbons (Fsp3) is 0.455. The van der Waals surface area contributed by atoms with Crippen LogP contribution in [0.5, 0.6) is 5.75 Å². The fourth-order valence-corrected chi connectivity index (χ4v) is 1.17. The summed E-state index contributed by atoms with van der Waals surface area (Å²) in [6, 6.07) is 2.04. The van der Waals surface area contributed by atoms with Gasteiger partial charge in [0.1, 0.15) is 6.61 Å². The van der Waals surface area contributed by atoms with Gasteiger partial charge in [-0.25, -0.2) is 8.78 Å². The second-order valence-electron chi connectivity index (χ2n) is 3.27. The number of nitrogens with two attached hydrogens (primary N) is 1. The van der Waals surface area contributed by atoms with E-state index in [0.717, 1.165) is 18.6 Å². The Hall–Kier alpha value is -1.36. The van der Waals surface area contributed by atoms with Crippen molar-refractivity contribution in [3.05, 3.63) is 23.8 Å². The Bertz CT molecular complexity index is 322. The van der Waals surface area contributed by atoms with E-state index in [2.05, 4.69) is 0 Å². The molecule has 3 nitrogen and oxygen atoms in total. The highest BCUT2D eigenvalue weighted by Gasteiger charge is 2.11. The van der Waals surface area contributed by atoms with Crippen molar-refractivity contribution in [2.24, 2.45) is 0 Å². The monoisotopic (exact) mass is 231 g/mol. The van der Waals surface area contributed by atoms with Crippen molar-refractivity contribution < 1.29 is 18.3 Å². The molecule has 0 heterocycles. The lowest BCUT2D eigenvalue weighted by molar-refractivity contribution is 0.0976. The van der Waals surface area contributed by atoms with Crippen LogP contribution in [-0.2, 0) is 4.74 Å². The Labute approximate surface area is 93.2 Å². The average molecular weight is 231 g/mol. The minimum atomic E-state index is -0.798. The summed E-state index contributed by atoms with van der Waals surface area (Å²) in [5.41, 5.74) is 5.29. The molecule has 0 saturated heterocycles. The van der Waals surface area contributed by atoms with E-state index in [1.165, 1.54) is 0 Å². The molecular weight excluding hydrogens is 216 g/mol. The van der Waals surface area contributed by atoms with Crippen LogP contribution in [0.2, 0.25) is 0 Å². The average Bonchev–Trinajstić information content (AvgIpc) is 2.20. The van der Waals surface area contributed by atoms with Crippen LogP contribution >= 0.6 is 0 Å². The molecule has 2 N–H and O–H groups in total. The number of benzene rings is 1. The van der Waals surface area contributed by atoms with E-state index in [1.807, 2.05) is 6.92 Å². The summed E-state index contributed by atoms with van der Waals surface area (Å²) in [4.78, 5) is 0. The van der Waals surface area contributed by atoms with Crippen molar-refractivity contribution in [2.75, 3.05) is 25.6 Å². The third-order valence-electron chi connectivity index (χ3n) is 1.84. The first kappa shape index (κ1) is 12.7. The Morgan fingerprint density at radius 3 is 2.31 bits per heavy atom. The second-order valence-corrected chi connectivity index (χ2v) is 3.27. The molecule has 16 heavy (non-hydrogen) atoms. The van der Waals surface area contributed by atoms with Crippen molar-refractivity contribution in [1.82, 2.24) is 0 Å². The predicted molar refractivity (Wildman–Crippen MR) is 57.4 cm³/mol. The van der Waals surface area contributed by atoms with Gasteiger partial charge in [-0.15, -0.1) is 0 Å². The third kappa shape index (κ3) is 3.66. The SMILES string of the molecule is CCCOCCOc1c(F)cc(N)cc1F. The topological polar surface area (TPSA) is 44.5 Å². The maximum Gasteiger partial charge on any atom is 0.190 e. The van der Waals surface area contributed by atoms with E-state index in [4.69, 9.17) is 15.2 Å². The lowest BCUT2D eigenvalue weighted by atomic mass is 10.3. The third-order valence-corrected chi connectivity index (χ3v) is 1.84. The summed E-state index contributed by atoms with van der Waals surface area (Å²) < 4.78 is 36.5. The van der Waals surface area contributed by atoms with E-state index in [9.17, 15) is 8.78 Å². The second kappa shape index (κ2) is 6.27. The first-order chi connectivity index (χ1) is 7.65. The Morgan fingerprint density at radius 2 is 1.75 bits per heavy atom. The summed E-state index contributed by atoms with van der Waals surface area (Å²) in [6.45, 7) is 2.99. The van der Waals surface area contributed by atoms with Crippen molar-refractivity contribution in [3.8, 4) is 5.75 Å². The van der Waals surface area contributed by atoms with Gasteiger partial charge in [-0.3, -0.25) is 0 Å². The van der Waals surface area contributed by atoms with Crippen LogP contribution < -0.4 is 10.5 Å². The standard InChI is InChI=1S/C11H15F2NO2/c1-2-3-15-4-5-16-11-9(12)6-8(14)7-10(11)13/h6-7H,2-5,14H2,1H3. The fourth-order valence-electron chi connectivity index (χ4n) is 1.17. The number of anilines is 1. The van der Waals surface area contributed by atoms with Crippen LogP contribution in [0.25, 0.3) is 0 Å². The van der Waals surface area contributed by atoms with Gasteiger partial charge < -0.3 is 15.2 Å². The van der Waals surface area contributed by atoms with Gasteiger partial charge in [-0.05, 0) is 6.42 Å². The molecule has 0 atom stereocenters. The Balaban J connectivity index is 2.47. The molecule has 1 rings (SSSR count). The smallest absolute Gasteiger partial charge is 0.190 e. The number of hydrogen-bond donors (Lipinski definition) is 1. The molecular formula is C11H15F2NO2. The summed E-state index contributed by atoms with van der Waals surface area (Å²) in [5.74, 6) is -2.00. The molecule has 0 aromatic heterocycles. The molecule has 0 aliphatic carbocycles. The molecule has 0 aliphatic rings. The van der Waals surface area contributed by atoms with E-state index in [-0.39, 0.29) is 12.3 Å². The summed E-state index contributed by atoms with van der Waals surface area (Å²) in [6.07, 6.45) is 0.893. The van der Waals surface area contributed by atoms with Crippen molar-refractivity contribution in [2.45, 2.75) is 13.3 Å². The van der Waals surface area contributed by atoms with E-state index in [0.29, 0.717) is 13.2 Å². The molecule has 0 aliphatic heterocycles. The highest BCUT2D eigenvalue weighted by Crippen LogP contribution is 2.24. The quantitative estimate of drug-likeness (QED) is 0.603. The van der Waals surface area contributed by atoms with Crippen LogP contribution in [0, 0.1) is 11.6 Å². The number of nitrogen functional groups attached to an aromatic ring is 1. The molecule has 1 aromatic carbocycles. The van der Waals surface area contributed by atoms with E-state index >= 15 is 0 Å². The molecule has 0 bridgehead atoms. The lowest BCUT2D eigenvalue weighted by Gasteiger charge is -2.09. The minimum absolute atomic E-state index is 0.0320. The van der Waals surface area contributed by atoms with Crippen LogP contribution in [0.15, 0.2) is 12.1 Å². The van der Waals surface area contributed by atoms with Crippen LogP contribution in [-0.4, -0.2) is 19.8 Å². The maximum atomic E-state index is 13.2. The van der Waals surface area contributed by atoms with Crippen LogP contribution in [0.1, 0.15) is 13.3 Å². The molecule has 5 heteroatoms. The van der Waals surface area contributed by atoms with Gasteiger partial charge in [0.15, 0.2) is 17.4 Å². The number of hydrogen-bond acceptors (Lipinski definition) is 3. The van der Waals surface area contributed by atoms with E-state index in [1.54, 1.807) is 0 Å². The van der Waals surface area contributed by atoms with Gasteiger partial charge in [0.25, 0.3) is 0 Å². The lowest BCUT2D eigenvalue weighted by Crippen LogP contribution is -2.09. The highest BCUT2D eigenvalue weighted by molar-refractivity contribution is 5.44. The number of halogens is 2. The van der Waals surface area contributed by atoms with Gasteiger partial charge >= 0.3 is 0 Å². The maximum absolute atomic E-state index is 13.2. The predicted octanol–water partition coefficient (Wildman–Crippen LogP) is 2.35. The van der Waals surface area contributed by atoms with E-state index < -0.39 is 17.4 Å². The van der Waals surface area contributed by atoms with Crippen molar-refractivity contribution in [3.63, 3.8) is 0 Å². The van der Waals surface area contributed by atoms with Gasteiger partial charge in [0.2, 0.25) is 0 Å². The zero-order chi connectivity index (χ0) is 12.0. The van der Waals surface area contributed by atoms with Gasteiger partial charge in [-0.2, -0.15) is 0 Å². The molecule has 90 valence electrons. The first-order valence-electron chi connectivity index (χ1n) is 5.10. The molecule has 0 radical (unpaired) electrons. The number of rotatable bonds is 6. The van der Waals surface area contributed by atoms with Gasteiger partial charge in [-0.1, -0.05) is 6.92 Å². The van der Waals surface area contributed by atoms with Gasteiger partial charge in [0, 0.05) is 24.4 Å². The highest BCUT2D eigenvalue weighted by atomic mass is 19.1. The summed E-state index contributed by atoms with van der Waals surface area (Å²) in [7, 11) is 0. The largest absolute Gasteiger partial charge is 0.485 e. The van der Waals surface area contributed by atoms with Gasteiger partial charge in [0.05, 0.1) is 6.61 Å². The van der Waals surface area contributed by atoms with Crippen LogP contribution in [0.3, 0.4) is 0 Å². The first-order valence-corrected chi connectivity index (χ1v) is 5.10. The molecule has 1 aromatic rings. The molecule has 0 unspecified atom stereocenters. The minimum Gasteiger partial charge on any atom is -0.485 e. The molecule has 0 amide bonds. The number of ether oxygens (including phenoxy) is 2. The molecule has 0 fully saturated rings. The van der Waals surface area contributed by atoms with Crippen LogP contribution in [0.4, 0.5) is 14.5 Å². The van der Waals surface area contributed by atoms with Crippen molar-refractivity contribution >= 4 is 5.69 Å².